The molecule has 3 rings (SSSR count). The molecule has 0 spiro atoms. The zero-order valence-electron chi connectivity index (χ0n) is 14.6. The predicted molar refractivity (Wildman–Crippen MR) is 110 cm³/mol. The second-order valence-electron chi connectivity index (χ2n) is 6.77. The minimum atomic E-state index is 0. The summed E-state index contributed by atoms with van der Waals surface area (Å²) < 4.78 is 1.18. The number of hydrogen-bond acceptors (Lipinski definition) is 4. The number of carbonyl (C=O) groups excluding carboxylic acids is 1. The fourth-order valence-electron chi connectivity index (χ4n) is 3.49. The smallest absolute Gasteiger partial charge is 0.223 e. The number of thiazole rings is 1. The number of para-hydroxylation sites is 1. The summed E-state index contributed by atoms with van der Waals surface area (Å²) in [6, 6.07) is 8.11. The molecule has 1 fully saturated rings. The molecule has 25 heavy (non-hydrogen) atoms. The Morgan fingerprint density at radius 3 is 2.56 bits per heavy atom. The molecule has 1 aliphatic carbocycles. The van der Waals surface area contributed by atoms with Crippen molar-refractivity contribution in [3.8, 4) is 0 Å². The normalized spacial score (nSPS) is 15.9. The molecule has 0 aliphatic heterocycles. The van der Waals surface area contributed by atoms with Crippen molar-refractivity contribution in [2.75, 3.05) is 13.6 Å². The number of nitrogens with two attached hydrogens (primary N) is 1. The Morgan fingerprint density at radius 1 is 1.24 bits per heavy atom. The van der Waals surface area contributed by atoms with E-state index in [0.29, 0.717) is 19.5 Å². The van der Waals surface area contributed by atoms with Crippen molar-refractivity contribution in [3.63, 3.8) is 0 Å². The van der Waals surface area contributed by atoms with Gasteiger partial charge in [0.15, 0.2) is 0 Å². The third-order valence-electron chi connectivity index (χ3n) is 5.01. The van der Waals surface area contributed by atoms with Crippen LogP contribution < -0.4 is 5.73 Å². The van der Waals surface area contributed by atoms with Gasteiger partial charge in [-0.2, -0.15) is 0 Å². The van der Waals surface area contributed by atoms with E-state index in [0.717, 1.165) is 23.4 Å². The van der Waals surface area contributed by atoms with Crippen LogP contribution in [0.1, 0.15) is 43.5 Å². The van der Waals surface area contributed by atoms with Gasteiger partial charge in [0.2, 0.25) is 5.91 Å². The van der Waals surface area contributed by atoms with Crippen LogP contribution in [0.3, 0.4) is 0 Å². The molecule has 1 aromatic heterocycles. The summed E-state index contributed by atoms with van der Waals surface area (Å²) in [6.07, 6.45) is 6.43. The van der Waals surface area contributed by atoms with Gasteiger partial charge in [0.25, 0.3) is 0 Å². The Labute approximate surface area is 166 Å². The van der Waals surface area contributed by atoms with Gasteiger partial charge in [-0.25, -0.2) is 4.98 Å². The summed E-state index contributed by atoms with van der Waals surface area (Å²) >= 11 is 1.66. The topological polar surface area (TPSA) is 59.2 Å². The number of hydrogen-bond donors (Lipinski definition) is 1. The Balaban J connectivity index is 0.00000156. The number of aromatic nitrogens is 1. The molecule has 1 amide bonds. The Morgan fingerprint density at radius 2 is 1.92 bits per heavy atom. The van der Waals surface area contributed by atoms with Crippen molar-refractivity contribution < 1.29 is 4.79 Å². The van der Waals surface area contributed by atoms with E-state index < -0.39 is 0 Å². The molecule has 2 aromatic rings. The summed E-state index contributed by atoms with van der Waals surface area (Å²) in [7, 11) is 1.88. The van der Waals surface area contributed by atoms with Crippen LogP contribution in [0, 0.1) is 5.41 Å². The Bertz CT molecular complexity index is 653. The average molecular weight is 404 g/mol. The van der Waals surface area contributed by atoms with Crippen LogP contribution in [0.2, 0.25) is 0 Å². The molecular formula is C18H27Cl2N3OS. The van der Waals surface area contributed by atoms with E-state index in [-0.39, 0.29) is 36.1 Å². The number of amides is 1. The van der Waals surface area contributed by atoms with Gasteiger partial charge in [0, 0.05) is 13.5 Å². The first kappa shape index (κ1) is 22.2. The van der Waals surface area contributed by atoms with E-state index in [1.54, 1.807) is 11.3 Å². The second kappa shape index (κ2) is 9.72. The fourth-order valence-corrected chi connectivity index (χ4v) is 4.51. The van der Waals surface area contributed by atoms with Gasteiger partial charge >= 0.3 is 0 Å². The third-order valence-corrected chi connectivity index (χ3v) is 6.03. The molecule has 0 saturated heterocycles. The van der Waals surface area contributed by atoms with Gasteiger partial charge in [0.05, 0.1) is 16.8 Å². The van der Waals surface area contributed by atoms with Crippen LogP contribution >= 0.6 is 36.2 Å². The minimum Gasteiger partial charge on any atom is -0.339 e. The lowest BCUT2D eigenvalue weighted by Crippen LogP contribution is -2.39. The van der Waals surface area contributed by atoms with Crippen molar-refractivity contribution in [2.45, 2.75) is 45.1 Å². The lowest BCUT2D eigenvalue weighted by molar-refractivity contribution is -0.133. The van der Waals surface area contributed by atoms with Crippen LogP contribution in [0.4, 0.5) is 0 Å². The van der Waals surface area contributed by atoms with Crippen LogP contribution in [-0.2, 0) is 11.3 Å². The van der Waals surface area contributed by atoms with E-state index in [4.69, 9.17) is 5.73 Å². The summed E-state index contributed by atoms with van der Waals surface area (Å²) in [4.78, 5) is 19.1. The molecule has 0 unspecified atom stereocenters. The van der Waals surface area contributed by atoms with Gasteiger partial charge in [-0.05, 0) is 36.9 Å². The maximum Gasteiger partial charge on any atom is 0.223 e. The number of carbonyl (C=O) groups is 1. The molecule has 140 valence electrons. The Hall–Kier alpha value is -0.880. The molecule has 1 saturated carbocycles. The predicted octanol–water partition coefficient (Wildman–Crippen LogP) is 4.40. The molecule has 1 aromatic carbocycles. The third kappa shape index (κ3) is 5.30. The van der Waals surface area contributed by atoms with Crippen LogP contribution in [-0.4, -0.2) is 29.4 Å². The SMILES string of the molecule is CN(Cc1nc2ccccc2s1)C(=O)CC1(CN)CCCCC1.Cl.Cl. The van der Waals surface area contributed by atoms with E-state index in [9.17, 15) is 4.79 Å². The van der Waals surface area contributed by atoms with Crippen molar-refractivity contribution >= 4 is 52.3 Å². The number of rotatable bonds is 5. The van der Waals surface area contributed by atoms with Gasteiger partial charge in [-0.15, -0.1) is 36.2 Å². The van der Waals surface area contributed by atoms with Gasteiger partial charge < -0.3 is 10.6 Å². The summed E-state index contributed by atoms with van der Waals surface area (Å²) in [5.41, 5.74) is 7.05. The molecule has 1 heterocycles. The number of fused-ring (bicyclic) bond motifs is 1. The molecule has 0 radical (unpaired) electrons. The maximum atomic E-state index is 12.6. The van der Waals surface area contributed by atoms with E-state index in [2.05, 4.69) is 11.1 Å². The minimum absolute atomic E-state index is 0. The highest BCUT2D eigenvalue weighted by molar-refractivity contribution is 7.18. The lowest BCUT2D eigenvalue weighted by atomic mass is 9.71. The zero-order chi connectivity index (χ0) is 16.3. The fraction of sp³-hybridized carbons (Fsp3) is 0.556. The number of halogens is 2. The van der Waals surface area contributed by atoms with Crippen molar-refractivity contribution in [1.82, 2.24) is 9.88 Å². The summed E-state index contributed by atoms with van der Waals surface area (Å²) in [6.45, 7) is 1.20. The van der Waals surface area contributed by atoms with Crippen molar-refractivity contribution in [2.24, 2.45) is 11.1 Å². The quantitative estimate of drug-likeness (QED) is 0.804. The first-order valence-corrected chi connectivity index (χ1v) is 9.22. The van der Waals surface area contributed by atoms with E-state index >= 15 is 0 Å². The highest BCUT2D eigenvalue weighted by Gasteiger charge is 2.33. The molecule has 0 atom stereocenters. The monoisotopic (exact) mass is 403 g/mol. The largest absolute Gasteiger partial charge is 0.339 e. The van der Waals surface area contributed by atoms with Crippen molar-refractivity contribution in [3.05, 3.63) is 29.3 Å². The first-order valence-electron chi connectivity index (χ1n) is 8.40. The van der Waals surface area contributed by atoms with Gasteiger partial charge in [-0.1, -0.05) is 31.4 Å². The molecular weight excluding hydrogens is 377 g/mol. The van der Waals surface area contributed by atoms with E-state index in [1.807, 2.05) is 30.1 Å². The van der Waals surface area contributed by atoms with E-state index in [1.165, 1.54) is 24.0 Å². The summed E-state index contributed by atoms with van der Waals surface area (Å²) in [5, 5.41) is 0.993. The average Bonchev–Trinajstić information content (AvgIpc) is 2.97. The maximum absolute atomic E-state index is 12.6. The molecule has 2 N–H and O–H groups in total. The van der Waals surface area contributed by atoms with Crippen LogP contribution in [0.15, 0.2) is 24.3 Å². The van der Waals surface area contributed by atoms with Crippen LogP contribution in [0.5, 0.6) is 0 Å². The molecule has 1 aliphatic rings. The number of nitrogens with zero attached hydrogens (tertiary/aromatic N) is 2. The summed E-state index contributed by atoms with van der Waals surface area (Å²) in [5.74, 6) is 0.191. The Kier molecular flexibility index (Phi) is 8.61. The number of benzene rings is 1. The van der Waals surface area contributed by atoms with Gasteiger partial charge in [0.1, 0.15) is 5.01 Å². The highest BCUT2D eigenvalue weighted by Crippen LogP contribution is 2.38. The highest BCUT2D eigenvalue weighted by atomic mass is 35.5. The van der Waals surface area contributed by atoms with Crippen LogP contribution in [0.25, 0.3) is 10.2 Å². The standard InChI is InChI=1S/C18H25N3OS.2ClH/c1-21(12-16-20-14-7-3-4-8-15(14)23-16)17(22)11-18(13-19)9-5-2-6-10-18;;/h3-4,7-8H,2,5-6,9-13,19H2,1H3;2*1H. The lowest BCUT2D eigenvalue weighted by Gasteiger charge is -2.36. The van der Waals surface area contributed by atoms with Gasteiger partial charge in [-0.3, -0.25) is 4.79 Å². The second-order valence-corrected chi connectivity index (χ2v) is 7.88. The molecule has 7 heteroatoms. The first-order chi connectivity index (χ1) is 11.1. The molecule has 4 nitrogen and oxygen atoms in total. The van der Waals surface area contributed by atoms with Crippen molar-refractivity contribution in [1.29, 1.82) is 0 Å². The molecule has 0 bridgehead atoms. The zero-order valence-corrected chi connectivity index (χ0v) is 17.0.